The highest BCUT2D eigenvalue weighted by Crippen LogP contribution is 2.22. The molecule has 1 N–H and O–H groups in total. The molecule has 0 saturated heterocycles. The van der Waals surface area contributed by atoms with Crippen molar-refractivity contribution >= 4 is 17.7 Å². The molecule has 0 radical (unpaired) electrons. The molecule has 0 saturated carbocycles. The number of nitrogens with zero attached hydrogens (tertiary/aromatic N) is 3. The Kier molecular flexibility index (Phi) is 6.13. The minimum Gasteiger partial charge on any atom is -0.497 e. The van der Waals surface area contributed by atoms with E-state index in [4.69, 9.17) is 4.74 Å². The molecule has 0 bridgehead atoms. The Hall–Kier alpha value is -2.80. The van der Waals surface area contributed by atoms with Crippen molar-refractivity contribution in [2.24, 2.45) is 0 Å². The van der Waals surface area contributed by atoms with Crippen LogP contribution in [0.15, 0.2) is 53.9 Å². The second-order valence-corrected chi connectivity index (χ2v) is 7.13. The van der Waals surface area contributed by atoms with Gasteiger partial charge in [-0.15, -0.1) is 10.2 Å². The van der Waals surface area contributed by atoms with Crippen molar-refractivity contribution in [2.45, 2.75) is 25.5 Å². The molecule has 0 aliphatic carbocycles. The Bertz CT molecular complexity index is 922. The summed E-state index contributed by atoms with van der Waals surface area (Å²) in [4.78, 5) is 12.2. The standard InChI is InChI=1S/C20H22N4O2S/c1-14-4-9-18(15(2)10-14)24-13-22-23-20(24)27-12-19(25)21-11-16-5-7-17(26-3)8-6-16/h4-10,13H,11-12H2,1-3H3,(H,21,25). The molecule has 0 spiro atoms. The highest BCUT2D eigenvalue weighted by atomic mass is 32.2. The van der Waals surface area contributed by atoms with Gasteiger partial charge in [0, 0.05) is 6.54 Å². The van der Waals surface area contributed by atoms with Gasteiger partial charge in [-0.05, 0) is 43.2 Å². The number of hydrogen-bond acceptors (Lipinski definition) is 5. The summed E-state index contributed by atoms with van der Waals surface area (Å²) in [6.07, 6.45) is 1.68. The first-order valence-electron chi connectivity index (χ1n) is 8.57. The molecule has 1 heterocycles. The number of ether oxygens (including phenoxy) is 1. The maximum Gasteiger partial charge on any atom is 0.230 e. The van der Waals surface area contributed by atoms with E-state index in [1.165, 1.54) is 17.3 Å². The third kappa shape index (κ3) is 4.89. The summed E-state index contributed by atoms with van der Waals surface area (Å²) in [6.45, 7) is 4.59. The van der Waals surface area contributed by atoms with E-state index < -0.39 is 0 Å². The Morgan fingerprint density at radius 1 is 1.19 bits per heavy atom. The highest BCUT2D eigenvalue weighted by molar-refractivity contribution is 7.99. The lowest BCUT2D eigenvalue weighted by molar-refractivity contribution is -0.118. The number of amides is 1. The molecule has 3 rings (SSSR count). The number of hydrogen-bond donors (Lipinski definition) is 1. The van der Waals surface area contributed by atoms with Crippen LogP contribution in [0.1, 0.15) is 16.7 Å². The van der Waals surface area contributed by atoms with Gasteiger partial charge in [-0.3, -0.25) is 9.36 Å². The molecule has 0 aliphatic rings. The third-order valence-electron chi connectivity index (χ3n) is 4.11. The second-order valence-electron chi connectivity index (χ2n) is 6.19. The molecule has 1 amide bonds. The quantitative estimate of drug-likeness (QED) is 0.635. The smallest absolute Gasteiger partial charge is 0.230 e. The maximum absolute atomic E-state index is 12.2. The number of carbonyl (C=O) groups is 1. The van der Waals surface area contributed by atoms with E-state index in [0.717, 1.165) is 22.6 Å². The zero-order valence-corrected chi connectivity index (χ0v) is 16.4. The summed E-state index contributed by atoms with van der Waals surface area (Å²) in [5.41, 5.74) is 4.39. The fourth-order valence-electron chi connectivity index (χ4n) is 2.69. The fourth-order valence-corrected chi connectivity index (χ4v) is 3.44. The minimum atomic E-state index is -0.0500. The van der Waals surface area contributed by atoms with Crippen LogP contribution < -0.4 is 10.1 Å². The summed E-state index contributed by atoms with van der Waals surface area (Å²) in [5, 5.41) is 11.8. The first-order valence-corrected chi connectivity index (χ1v) is 9.55. The fraction of sp³-hybridized carbons (Fsp3) is 0.250. The summed E-state index contributed by atoms with van der Waals surface area (Å²) >= 11 is 1.37. The van der Waals surface area contributed by atoms with Crippen LogP contribution >= 0.6 is 11.8 Å². The van der Waals surface area contributed by atoms with Gasteiger partial charge in [0.2, 0.25) is 5.91 Å². The molecule has 2 aromatic carbocycles. The van der Waals surface area contributed by atoms with Crippen molar-refractivity contribution < 1.29 is 9.53 Å². The van der Waals surface area contributed by atoms with E-state index in [9.17, 15) is 4.79 Å². The average Bonchev–Trinajstić information content (AvgIpc) is 3.13. The predicted octanol–water partition coefficient (Wildman–Crippen LogP) is 3.30. The number of benzene rings is 2. The molecule has 0 atom stereocenters. The van der Waals surface area contributed by atoms with Gasteiger partial charge in [-0.2, -0.15) is 0 Å². The molecular formula is C20H22N4O2S. The first-order chi connectivity index (χ1) is 13.1. The van der Waals surface area contributed by atoms with Crippen molar-refractivity contribution in [3.63, 3.8) is 0 Å². The minimum absolute atomic E-state index is 0.0500. The van der Waals surface area contributed by atoms with Gasteiger partial charge in [-0.1, -0.05) is 41.6 Å². The van der Waals surface area contributed by atoms with Crippen LogP contribution in [-0.4, -0.2) is 33.5 Å². The number of aromatic nitrogens is 3. The molecule has 27 heavy (non-hydrogen) atoms. The Labute approximate surface area is 163 Å². The van der Waals surface area contributed by atoms with Crippen molar-refractivity contribution in [2.75, 3.05) is 12.9 Å². The van der Waals surface area contributed by atoms with Crippen LogP contribution in [-0.2, 0) is 11.3 Å². The predicted molar refractivity (Wildman–Crippen MR) is 106 cm³/mol. The van der Waals surface area contributed by atoms with Crippen LogP contribution in [0.5, 0.6) is 5.75 Å². The van der Waals surface area contributed by atoms with Crippen molar-refractivity contribution in [3.8, 4) is 11.4 Å². The number of thioether (sulfide) groups is 1. The number of nitrogens with one attached hydrogen (secondary N) is 1. The van der Waals surface area contributed by atoms with Crippen LogP contribution in [0.4, 0.5) is 0 Å². The van der Waals surface area contributed by atoms with E-state index in [1.54, 1.807) is 13.4 Å². The molecule has 0 fully saturated rings. The molecule has 0 unspecified atom stereocenters. The lowest BCUT2D eigenvalue weighted by atomic mass is 10.1. The maximum atomic E-state index is 12.2. The molecule has 3 aromatic rings. The van der Waals surface area contributed by atoms with E-state index >= 15 is 0 Å². The van der Waals surface area contributed by atoms with Crippen molar-refractivity contribution in [1.29, 1.82) is 0 Å². The number of rotatable bonds is 7. The normalized spacial score (nSPS) is 10.6. The van der Waals surface area contributed by atoms with E-state index in [-0.39, 0.29) is 11.7 Å². The second kappa shape index (κ2) is 8.73. The Morgan fingerprint density at radius 3 is 2.67 bits per heavy atom. The van der Waals surface area contributed by atoms with E-state index in [2.05, 4.69) is 41.5 Å². The van der Waals surface area contributed by atoms with Crippen LogP contribution in [0, 0.1) is 13.8 Å². The van der Waals surface area contributed by atoms with Crippen molar-refractivity contribution in [1.82, 2.24) is 20.1 Å². The summed E-state index contributed by atoms with van der Waals surface area (Å²) in [6, 6.07) is 13.8. The monoisotopic (exact) mass is 382 g/mol. The van der Waals surface area contributed by atoms with E-state index in [1.807, 2.05) is 34.9 Å². The lowest BCUT2D eigenvalue weighted by Crippen LogP contribution is -2.24. The molecule has 140 valence electrons. The van der Waals surface area contributed by atoms with Gasteiger partial charge in [0.15, 0.2) is 5.16 Å². The zero-order valence-electron chi connectivity index (χ0n) is 15.6. The average molecular weight is 382 g/mol. The van der Waals surface area contributed by atoms with Gasteiger partial charge in [0.1, 0.15) is 12.1 Å². The molecule has 1 aromatic heterocycles. The number of aryl methyl sites for hydroxylation is 2. The first kappa shape index (κ1) is 19.0. The Morgan fingerprint density at radius 2 is 1.96 bits per heavy atom. The van der Waals surface area contributed by atoms with Crippen LogP contribution in [0.3, 0.4) is 0 Å². The molecule has 0 aliphatic heterocycles. The van der Waals surface area contributed by atoms with Crippen molar-refractivity contribution in [3.05, 3.63) is 65.5 Å². The van der Waals surface area contributed by atoms with E-state index in [0.29, 0.717) is 11.7 Å². The molecule has 7 heteroatoms. The lowest BCUT2D eigenvalue weighted by Gasteiger charge is -2.10. The topological polar surface area (TPSA) is 69.0 Å². The van der Waals surface area contributed by atoms with Gasteiger partial charge < -0.3 is 10.1 Å². The summed E-state index contributed by atoms with van der Waals surface area (Å²) in [5.74, 6) is 1.03. The van der Waals surface area contributed by atoms with Gasteiger partial charge in [0.25, 0.3) is 0 Å². The van der Waals surface area contributed by atoms with Crippen LogP contribution in [0.25, 0.3) is 5.69 Å². The zero-order chi connectivity index (χ0) is 19.2. The molecular weight excluding hydrogens is 360 g/mol. The van der Waals surface area contributed by atoms with Gasteiger partial charge in [0.05, 0.1) is 18.6 Å². The van der Waals surface area contributed by atoms with Gasteiger partial charge >= 0.3 is 0 Å². The largest absolute Gasteiger partial charge is 0.497 e. The third-order valence-corrected chi connectivity index (χ3v) is 5.05. The Balaban J connectivity index is 1.57. The number of methoxy groups -OCH3 is 1. The number of carbonyl (C=O) groups excluding carboxylic acids is 1. The summed E-state index contributed by atoms with van der Waals surface area (Å²) in [7, 11) is 1.63. The molecule has 6 nitrogen and oxygen atoms in total. The SMILES string of the molecule is COc1ccc(CNC(=O)CSc2nncn2-c2ccc(C)cc2C)cc1. The highest BCUT2D eigenvalue weighted by Gasteiger charge is 2.11. The van der Waals surface area contributed by atoms with Crippen LogP contribution in [0.2, 0.25) is 0 Å². The summed E-state index contributed by atoms with van der Waals surface area (Å²) < 4.78 is 7.04. The van der Waals surface area contributed by atoms with Gasteiger partial charge in [-0.25, -0.2) is 0 Å².